The molecule has 0 spiro atoms. The summed E-state index contributed by atoms with van der Waals surface area (Å²) in [5.74, 6) is 0. The van der Waals surface area contributed by atoms with E-state index in [1.165, 1.54) is 11.3 Å². The van der Waals surface area contributed by atoms with Gasteiger partial charge in [0.25, 0.3) is 0 Å². The molecule has 2 nitrogen and oxygen atoms in total. The summed E-state index contributed by atoms with van der Waals surface area (Å²) in [4.78, 5) is 3.85. The van der Waals surface area contributed by atoms with Gasteiger partial charge in [0.1, 0.15) is 0 Å². The Morgan fingerprint density at radius 2 is 2.67 bits per heavy atom. The van der Waals surface area contributed by atoms with E-state index in [2.05, 4.69) is 4.98 Å². The van der Waals surface area contributed by atoms with Crippen LogP contribution < -0.4 is 0 Å². The lowest BCUT2D eigenvalue weighted by Gasteiger charge is -1.88. The molecule has 1 aromatic heterocycles. The molecule has 0 aliphatic carbocycles. The Balaban J connectivity index is 2.80. The quantitative estimate of drug-likeness (QED) is 0.586. The number of alkyl halides is 1. The minimum atomic E-state index is -0.587. The third-order valence-electron chi connectivity index (χ3n) is 0.824. The highest BCUT2D eigenvalue weighted by molar-refractivity contribution is 7.07. The van der Waals surface area contributed by atoms with E-state index >= 15 is 0 Å². The summed E-state index contributed by atoms with van der Waals surface area (Å²) in [6.07, 6.45) is 0. The van der Waals surface area contributed by atoms with Gasteiger partial charge in [-0.15, -0.1) is 11.3 Å². The van der Waals surface area contributed by atoms with Gasteiger partial charge in [0, 0.05) is 5.38 Å². The van der Waals surface area contributed by atoms with Crippen molar-refractivity contribution in [1.29, 1.82) is 5.26 Å². The topological polar surface area (TPSA) is 36.7 Å². The Bertz CT molecular complexity index is 213. The molecule has 0 saturated heterocycles. The number of hydrogen-bond acceptors (Lipinski definition) is 3. The van der Waals surface area contributed by atoms with Gasteiger partial charge in [-0.1, -0.05) is 11.6 Å². The van der Waals surface area contributed by atoms with Crippen molar-refractivity contribution in [3.8, 4) is 6.07 Å². The summed E-state index contributed by atoms with van der Waals surface area (Å²) in [5.41, 5.74) is 2.30. The molecular formula is C5H3ClN2S. The smallest absolute Gasteiger partial charge is 0.163 e. The van der Waals surface area contributed by atoms with Crippen molar-refractivity contribution in [1.82, 2.24) is 4.98 Å². The van der Waals surface area contributed by atoms with Crippen LogP contribution in [0.2, 0.25) is 0 Å². The molecule has 0 N–H and O–H groups in total. The highest BCUT2D eigenvalue weighted by atomic mass is 35.5. The van der Waals surface area contributed by atoms with Crippen molar-refractivity contribution >= 4 is 22.9 Å². The normalized spacial score (nSPS) is 12.4. The molecule has 0 bridgehead atoms. The van der Waals surface area contributed by atoms with Crippen LogP contribution >= 0.6 is 22.9 Å². The summed E-state index contributed by atoms with van der Waals surface area (Å²) in [6, 6.07) is 1.88. The van der Waals surface area contributed by atoms with Crippen molar-refractivity contribution in [2.24, 2.45) is 0 Å². The van der Waals surface area contributed by atoms with Gasteiger partial charge in [0.05, 0.1) is 17.3 Å². The summed E-state index contributed by atoms with van der Waals surface area (Å²) >= 11 is 6.95. The van der Waals surface area contributed by atoms with Gasteiger partial charge in [0.2, 0.25) is 0 Å². The van der Waals surface area contributed by atoms with E-state index in [1.807, 2.05) is 6.07 Å². The fourth-order valence-corrected chi connectivity index (χ4v) is 1.19. The molecule has 1 atom stereocenters. The second-order valence-corrected chi connectivity index (χ2v) is 2.56. The van der Waals surface area contributed by atoms with Gasteiger partial charge in [-0.3, -0.25) is 0 Å². The first-order chi connectivity index (χ1) is 4.34. The molecule has 4 heteroatoms. The number of aromatic nitrogens is 1. The molecule has 0 aromatic carbocycles. The van der Waals surface area contributed by atoms with Gasteiger partial charge in [-0.2, -0.15) is 5.26 Å². The molecule has 1 heterocycles. The molecule has 0 aliphatic heterocycles. The maximum atomic E-state index is 8.29. The molecule has 0 amide bonds. The monoisotopic (exact) mass is 158 g/mol. The van der Waals surface area contributed by atoms with Gasteiger partial charge in [-0.25, -0.2) is 4.98 Å². The lowest BCUT2D eigenvalue weighted by molar-refractivity contribution is 1.12. The number of thiazole rings is 1. The molecule has 1 aromatic rings. The van der Waals surface area contributed by atoms with E-state index in [-0.39, 0.29) is 0 Å². The lowest BCUT2D eigenvalue weighted by atomic mass is 10.4. The average molecular weight is 159 g/mol. The van der Waals surface area contributed by atoms with Crippen molar-refractivity contribution in [3.63, 3.8) is 0 Å². The molecule has 0 fully saturated rings. The molecule has 1 unspecified atom stereocenters. The standard InChI is InChI=1S/C5H3ClN2S/c6-4(1-7)5-2-9-3-8-5/h2-4H. The maximum Gasteiger partial charge on any atom is 0.163 e. The summed E-state index contributed by atoms with van der Waals surface area (Å²) in [5, 5.41) is 9.47. The highest BCUT2D eigenvalue weighted by Gasteiger charge is 2.05. The van der Waals surface area contributed by atoms with Gasteiger partial charge >= 0.3 is 0 Å². The first kappa shape index (κ1) is 6.53. The second-order valence-electron chi connectivity index (χ2n) is 1.40. The SMILES string of the molecule is N#CC(Cl)c1cscn1. The Labute approximate surface area is 61.7 Å². The van der Waals surface area contributed by atoms with Crippen LogP contribution in [0.3, 0.4) is 0 Å². The fraction of sp³-hybridized carbons (Fsp3) is 0.200. The third-order valence-corrected chi connectivity index (χ3v) is 1.75. The zero-order valence-corrected chi connectivity index (χ0v) is 5.99. The van der Waals surface area contributed by atoms with Crippen LogP contribution in [0.1, 0.15) is 11.1 Å². The number of rotatable bonds is 1. The Kier molecular flexibility index (Phi) is 2.04. The molecular weight excluding hydrogens is 156 g/mol. The summed E-state index contributed by atoms with van der Waals surface area (Å²) in [7, 11) is 0. The van der Waals surface area contributed by atoms with Crippen molar-refractivity contribution in [2.45, 2.75) is 5.38 Å². The van der Waals surface area contributed by atoms with Crippen LogP contribution in [0.4, 0.5) is 0 Å². The average Bonchev–Trinajstić information content (AvgIpc) is 2.37. The molecule has 0 saturated carbocycles. The second kappa shape index (κ2) is 2.81. The van der Waals surface area contributed by atoms with Crippen LogP contribution in [0.25, 0.3) is 0 Å². The Morgan fingerprint density at radius 3 is 3.11 bits per heavy atom. The highest BCUT2D eigenvalue weighted by Crippen LogP contribution is 2.17. The summed E-state index contributed by atoms with van der Waals surface area (Å²) < 4.78 is 0. The first-order valence-corrected chi connectivity index (χ1v) is 3.64. The summed E-state index contributed by atoms with van der Waals surface area (Å²) in [6.45, 7) is 0. The zero-order valence-electron chi connectivity index (χ0n) is 4.41. The van der Waals surface area contributed by atoms with Gasteiger partial charge < -0.3 is 0 Å². The third kappa shape index (κ3) is 1.41. The van der Waals surface area contributed by atoms with E-state index in [4.69, 9.17) is 16.9 Å². The van der Waals surface area contributed by atoms with Crippen molar-refractivity contribution in [2.75, 3.05) is 0 Å². The van der Waals surface area contributed by atoms with Crippen LogP contribution in [0.5, 0.6) is 0 Å². The molecule has 1 rings (SSSR count). The van der Waals surface area contributed by atoms with Crippen LogP contribution in [0, 0.1) is 11.3 Å². The van der Waals surface area contributed by atoms with E-state index < -0.39 is 5.38 Å². The fourth-order valence-electron chi connectivity index (χ4n) is 0.413. The largest absolute Gasteiger partial charge is 0.247 e. The van der Waals surface area contributed by atoms with E-state index in [0.717, 1.165) is 0 Å². The van der Waals surface area contributed by atoms with Crippen LogP contribution in [-0.2, 0) is 0 Å². The molecule has 9 heavy (non-hydrogen) atoms. The first-order valence-electron chi connectivity index (χ1n) is 2.26. The minimum absolute atomic E-state index is 0.587. The van der Waals surface area contributed by atoms with E-state index in [9.17, 15) is 0 Å². The molecule has 0 radical (unpaired) electrons. The van der Waals surface area contributed by atoms with E-state index in [0.29, 0.717) is 5.69 Å². The lowest BCUT2D eigenvalue weighted by Crippen LogP contribution is -1.83. The van der Waals surface area contributed by atoms with Gasteiger partial charge in [0.15, 0.2) is 5.38 Å². The minimum Gasteiger partial charge on any atom is -0.247 e. The van der Waals surface area contributed by atoms with E-state index in [1.54, 1.807) is 10.9 Å². The van der Waals surface area contributed by atoms with Crippen LogP contribution in [-0.4, -0.2) is 4.98 Å². The predicted molar refractivity (Wildman–Crippen MR) is 36.3 cm³/mol. The van der Waals surface area contributed by atoms with Crippen molar-refractivity contribution < 1.29 is 0 Å². The number of hydrogen-bond donors (Lipinski definition) is 0. The maximum absolute atomic E-state index is 8.29. The number of nitriles is 1. The number of nitrogens with zero attached hydrogens (tertiary/aromatic N) is 2. The van der Waals surface area contributed by atoms with Crippen molar-refractivity contribution in [3.05, 3.63) is 16.6 Å². The predicted octanol–water partition coefficient (Wildman–Crippen LogP) is 1.95. The Hall–Kier alpha value is -0.590. The van der Waals surface area contributed by atoms with Gasteiger partial charge in [-0.05, 0) is 0 Å². The molecule has 46 valence electrons. The van der Waals surface area contributed by atoms with Crippen LogP contribution in [0.15, 0.2) is 10.9 Å². The Morgan fingerprint density at radius 1 is 1.89 bits per heavy atom. The number of halogens is 1. The zero-order chi connectivity index (χ0) is 6.69. The molecule has 0 aliphatic rings.